The van der Waals surface area contributed by atoms with Gasteiger partial charge in [0.25, 0.3) is 0 Å². The molecule has 14 heavy (non-hydrogen) atoms. The average molecular weight is 211 g/mol. The predicted octanol–water partition coefficient (Wildman–Crippen LogP) is 2.44. The van der Waals surface area contributed by atoms with Crippen molar-refractivity contribution in [3.63, 3.8) is 0 Å². The van der Waals surface area contributed by atoms with Crippen LogP contribution >= 0.6 is 11.3 Å². The van der Waals surface area contributed by atoms with Crippen molar-refractivity contribution in [3.05, 3.63) is 22.4 Å². The molecule has 0 aliphatic carbocycles. The van der Waals surface area contributed by atoms with Crippen LogP contribution in [0.25, 0.3) is 0 Å². The first-order chi connectivity index (χ1) is 6.92. The Morgan fingerprint density at radius 3 is 2.86 bits per heavy atom. The number of hydrogen-bond donors (Lipinski definition) is 1. The van der Waals surface area contributed by atoms with Crippen molar-refractivity contribution in [2.75, 3.05) is 20.2 Å². The molecular weight excluding hydrogens is 194 g/mol. The topological polar surface area (TPSA) is 21.3 Å². The van der Waals surface area contributed by atoms with Crippen molar-refractivity contribution in [2.24, 2.45) is 5.92 Å². The molecule has 78 valence electrons. The Bertz CT molecular complexity index is 254. The second-order valence-electron chi connectivity index (χ2n) is 3.76. The summed E-state index contributed by atoms with van der Waals surface area (Å²) in [6.07, 6.45) is 2.78. The van der Waals surface area contributed by atoms with Gasteiger partial charge in [0.2, 0.25) is 0 Å². The summed E-state index contributed by atoms with van der Waals surface area (Å²) in [5.74, 6) is 0.694. The van der Waals surface area contributed by atoms with Crippen molar-refractivity contribution in [1.82, 2.24) is 5.32 Å². The molecule has 1 N–H and O–H groups in total. The fraction of sp³-hybridized carbons (Fsp3) is 0.636. The van der Waals surface area contributed by atoms with Crippen molar-refractivity contribution in [3.8, 4) is 0 Å². The van der Waals surface area contributed by atoms with E-state index in [-0.39, 0.29) is 0 Å². The van der Waals surface area contributed by atoms with Crippen LogP contribution in [0.5, 0.6) is 0 Å². The highest BCUT2D eigenvalue weighted by molar-refractivity contribution is 7.10. The zero-order chi connectivity index (χ0) is 9.80. The Kier molecular flexibility index (Phi) is 3.56. The normalized spacial score (nSPS) is 20.9. The fourth-order valence-electron chi connectivity index (χ4n) is 2.14. The van der Waals surface area contributed by atoms with E-state index in [0.717, 1.165) is 13.1 Å². The quantitative estimate of drug-likeness (QED) is 0.829. The fourth-order valence-corrected chi connectivity index (χ4v) is 3.04. The molecule has 1 saturated heterocycles. The van der Waals surface area contributed by atoms with E-state index in [9.17, 15) is 0 Å². The minimum absolute atomic E-state index is 0.317. The molecule has 2 nitrogen and oxygen atoms in total. The molecule has 0 spiro atoms. The van der Waals surface area contributed by atoms with E-state index in [4.69, 9.17) is 4.74 Å². The maximum absolute atomic E-state index is 5.62. The molecule has 0 saturated carbocycles. The van der Waals surface area contributed by atoms with Crippen LogP contribution in [0.4, 0.5) is 0 Å². The smallest absolute Gasteiger partial charge is 0.0941 e. The van der Waals surface area contributed by atoms with Gasteiger partial charge in [-0.05, 0) is 43.3 Å². The van der Waals surface area contributed by atoms with Gasteiger partial charge in [-0.15, -0.1) is 11.3 Å². The Balaban J connectivity index is 2.04. The number of piperidine rings is 1. The summed E-state index contributed by atoms with van der Waals surface area (Å²) in [6.45, 7) is 2.27. The summed E-state index contributed by atoms with van der Waals surface area (Å²) in [5, 5.41) is 5.51. The van der Waals surface area contributed by atoms with Crippen molar-refractivity contribution >= 4 is 11.3 Å². The second kappa shape index (κ2) is 4.91. The lowest BCUT2D eigenvalue weighted by molar-refractivity contribution is 0.0409. The van der Waals surface area contributed by atoms with E-state index < -0.39 is 0 Å². The maximum atomic E-state index is 5.62. The highest BCUT2D eigenvalue weighted by Gasteiger charge is 2.25. The zero-order valence-corrected chi connectivity index (χ0v) is 9.35. The van der Waals surface area contributed by atoms with Gasteiger partial charge in [0, 0.05) is 12.0 Å². The van der Waals surface area contributed by atoms with E-state index in [1.54, 1.807) is 11.3 Å². The first-order valence-corrected chi connectivity index (χ1v) is 6.06. The molecule has 2 rings (SSSR count). The molecule has 0 amide bonds. The molecule has 3 heteroatoms. The van der Waals surface area contributed by atoms with Gasteiger partial charge in [-0.2, -0.15) is 0 Å². The molecule has 1 aliphatic rings. The summed E-state index contributed by atoms with van der Waals surface area (Å²) < 4.78 is 5.62. The van der Waals surface area contributed by atoms with E-state index >= 15 is 0 Å². The molecule has 0 radical (unpaired) electrons. The molecule has 1 atom stereocenters. The Morgan fingerprint density at radius 2 is 2.29 bits per heavy atom. The third kappa shape index (κ3) is 2.16. The minimum Gasteiger partial charge on any atom is -0.376 e. The number of rotatable bonds is 3. The van der Waals surface area contributed by atoms with Crippen molar-refractivity contribution in [2.45, 2.75) is 18.9 Å². The minimum atomic E-state index is 0.317. The van der Waals surface area contributed by atoms with Crippen LogP contribution in [0.15, 0.2) is 17.5 Å². The number of nitrogens with one attached hydrogen (secondary N) is 1. The van der Waals surface area contributed by atoms with Gasteiger partial charge in [0.15, 0.2) is 0 Å². The first kappa shape index (κ1) is 10.1. The molecular formula is C11H17NOS. The monoisotopic (exact) mass is 211 g/mol. The molecule has 0 bridgehead atoms. The molecule has 1 unspecified atom stereocenters. The molecule has 2 heterocycles. The van der Waals surface area contributed by atoms with E-state index in [0.29, 0.717) is 12.0 Å². The number of ether oxygens (including phenoxy) is 1. The molecule has 1 aromatic rings. The third-order valence-corrected chi connectivity index (χ3v) is 3.82. The standard InChI is InChI=1S/C11H17NOS/c1-13-11(10-3-2-8-14-10)9-4-6-12-7-5-9/h2-3,8-9,11-12H,4-7H2,1H3. The zero-order valence-electron chi connectivity index (χ0n) is 8.53. The Labute approximate surface area is 89.3 Å². The van der Waals surface area contributed by atoms with Gasteiger partial charge in [-0.3, -0.25) is 0 Å². The van der Waals surface area contributed by atoms with Gasteiger partial charge in [-0.1, -0.05) is 6.07 Å². The molecule has 1 fully saturated rings. The predicted molar refractivity (Wildman–Crippen MR) is 59.7 cm³/mol. The van der Waals surface area contributed by atoms with Crippen molar-refractivity contribution in [1.29, 1.82) is 0 Å². The summed E-state index contributed by atoms with van der Waals surface area (Å²) in [4.78, 5) is 1.37. The van der Waals surface area contributed by atoms with Crippen molar-refractivity contribution < 1.29 is 4.74 Å². The lowest BCUT2D eigenvalue weighted by atomic mass is 9.91. The van der Waals surface area contributed by atoms with Crippen LogP contribution < -0.4 is 5.32 Å². The van der Waals surface area contributed by atoms with Gasteiger partial charge < -0.3 is 10.1 Å². The van der Waals surface area contributed by atoms with Gasteiger partial charge in [0.05, 0.1) is 6.10 Å². The lowest BCUT2D eigenvalue weighted by Gasteiger charge is -2.29. The highest BCUT2D eigenvalue weighted by atomic mass is 32.1. The van der Waals surface area contributed by atoms with Gasteiger partial charge in [-0.25, -0.2) is 0 Å². The van der Waals surface area contributed by atoms with Crippen LogP contribution in [-0.2, 0) is 4.74 Å². The second-order valence-corrected chi connectivity index (χ2v) is 4.74. The van der Waals surface area contributed by atoms with Crippen LogP contribution in [0, 0.1) is 5.92 Å². The number of thiophene rings is 1. The van der Waals surface area contributed by atoms with Crippen LogP contribution in [-0.4, -0.2) is 20.2 Å². The SMILES string of the molecule is COC(c1cccs1)C1CCNCC1. The highest BCUT2D eigenvalue weighted by Crippen LogP contribution is 2.33. The Hall–Kier alpha value is -0.380. The molecule has 0 aromatic carbocycles. The van der Waals surface area contributed by atoms with Crippen LogP contribution in [0.3, 0.4) is 0 Å². The summed E-state index contributed by atoms with van der Waals surface area (Å²) >= 11 is 1.80. The lowest BCUT2D eigenvalue weighted by Crippen LogP contribution is -2.31. The van der Waals surface area contributed by atoms with E-state index in [1.807, 2.05) is 7.11 Å². The van der Waals surface area contributed by atoms with E-state index in [1.165, 1.54) is 17.7 Å². The average Bonchev–Trinajstić information content (AvgIpc) is 2.74. The Morgan fingerprint density at radius 1 is 1.50 bits per heavy atom. The largest absolute Gasteiger partial charge is 0.376 e. The van der Waals surface area contributed by atoms with E-state index in [2.05, 4.69) is 22.8 Å². The summed E-state index contributed by atoms with van der Waals surface area (Å²) in [7, 11) is 1.83. The molecule has 1 aromatic heterocycles. The summed E-state index contributed by atoms with van der Waals surface area (Å²) in [5.41, 5.74) is 0. The van der Waals surface area contributed by atoms with Gasteiger partial charge >= 0.3 is 0 Å². The molecule has 1 aliphatic heterocycles. The first-order valence-electron chi connectivity index (χ1n) is 5.18. The van der Waals surface area contributed by atoms with Crippen LogP contribution in [0.2, 0.25) is 0 Å². The maximum Gasteiger partial charge on any atom is 0.0941 e. The number of methoxy groups -OCH3 is 1. The van der Waals surface area contributed by atoms with Crippen LogP contribution in [0.1, 0.15) is 23.8 Å². The van der Waals surface area contributed by atoms with Gasteiger partial charge in [0.1, 0.15) is 0 Å². The number of hydrogen-bond acceptors (Lipinski definition) is 3. The third-order valence-electron chi connectivity index (χ3n) is 2.89. The summed E-state index contributed by atoms with van der Waals surface area (Å²) in [6, 6.07) is 4.29.